The van der Waals surface area contributed by atoms with Gasteiger partial charge < -0.3 is 0 Å². The van der Waals surface area contributed by atoms with Gasteiger partial charge in [-0.25, -0.2) is 4.98 Å². The number of hydrogen-bond acceptors (Lipinski definition) is 3. The second-order valence-electron chi connectivity index (χ2n) is 6.11. The Morgan fingerprint density at radius 2 is 1.67 bits per heavy atom. The average Bonchev–Trinajstić information content (AvgIpc) is 2.68. The second kappa shape index (κ2) is 7.17. The van der Waals surface area contributed by atoms with Crippen molar-refractivity contribution in [1.29, 1.82) is 0 Å². The number of aryl methyl sites for hydroxylation is 1. The lowest BCUT2D eigenvalue weighted by molar-refractivity contribution is 0.895. The summed E-state index contributed by atoms with van der Waals surface area (Å²) in [6.07, 6.45) is 1.73. The van der Waals surface area contributed by atoms with Crippen molar-refractivity contribution < 1.29 is 0 Å². The Bertz CT molecular complexity index is 1210. The van der Waals surface area contributed by atoms with E-state index in [0.29, 0.717) is 21.7 Å². The summed E-state index contributed by atoms with van der Waals surface area (Å²) in [5.74, 6) is 0.644. The van der Waals surface area contributed by atoms with Gasteiger partial charge in [0.2, 0.25) is 0 Å². The van der Waals surface area contributed by atoms with Crippen LogP contribution in [0, 0.1) is 6.92 Å². The molecule has 1 heterocycles. The molecule has 5 heteroatoms. The molecule has 4 aromatic rings. The van der Waals surface area contributed by atoms with E-state index >= 15 is 0 Å². The Labute approximate surface area is 161 Å². The predicted molar refractivity (Wildman–Crippen MR) is 111 cm³/mol. The van der Waals surface area contributed by atoms with Gasteiger partial charge in [-0.2, -0.15) is 0 Å². The smallest absolute Gasteiger partial charge is 0.265 e. The highest BCUT2D eigenvalue weighted by Crippen LogP contribution is 2.19. The molecular formula is C22H16ClN3O. The van der Waals surface area contributed by atoms with E-state index in [0.717, 1.165) is 16.9 Å². The molecule has 0 N–H and O–H groups in total. The molecule has 0 aliphatic carbocycles. The zero-order chi connectivity index (χ0) is 18.8. The molecule has 0 amide bonds. The van der Waals surface area contributed by atoms with Gasteiger partial charge >= 0.3 is 0 Å². The predicted octanol–water partition coefficient (Wildman–Crippen LogP) is 5.10. The number of nitrogens with zero attached hydrogens (tertiary/aromatic N) is 3. The molecule has 4 nitrogen and oxygen atoms in total. The van der Waals surface area contributed by atoms with Crippen molar-refractivity contribution >= 4 is 34.4 Å². The van der Waals surface area contributed by atoms with Crippen LogP contribution in [0.25, 0.3) is 16.6 Å². The molecule has 0 saturated carbocycles. The third-order valence-electron chi connectivity index (χ3n) is 4.31. The number of halogens is 1. The number of benzene rings is 3. The van der Waals surface area contributed by atoms with Crippen molar-refractivity contribution in [2.24, 2.45) is 4.99 Å². The second-order valence-corrected chi connectivity index (χ2v) is 6.52. The molecule has 0 bridgehead atoms. The van der Waals surface area contributed by atoms with Crippen LogP contribution in [0.2, 0.25) is 5.02 Å². The minimum Gasteiger partial charge on any atom is -0.268 e. The summed E-state index contributed by atoms with van der Waals surface area (Å²) in [7, 11) is 0. The van der Waals surface area contributed by atoms with Gasteiger partial charge in [-0.05, 0) is 49.4 Å². The molecule has 0 unspecified atom stereocenters. The van der Waals surface area contributed by atoms with E-state index in [-0.39, 0.29) is 5.56 Å². The van der Waals surface area contributed by atoms with Crippen LogP contribution in [0.1, 0.15) is 11.4 Å². The number of aromatic nitrogens is 2. The number of rotatable bonds is 3. The lowest BCUT2D eigenvalue weighted by Crippen LogP contribution is -2.22. The molecule has 0 saturated heterocycles. The van der Waals surface area contributed by atoms with Crippen LogP contribution in [0.15, 0.2) is 82.6 Å². The Morgan fingerprint density at radius 1 is 0.963 bits per heavy atom. The van der Waals surface area contributed by atoms with Crippen molar-refractivity contribution in [1.82, 2.24) is 9.55 Å². The lowest BCUT2D eigenvalue weighted by atomic mass is 10.2. The van der Waals surface area contributed by atoms with Gasteiger partial charge in [-0.3, -0.25) is 14.4 Å². The maximum absolute atomic E-state index is 12.9. The first-order valence-electron chi connectivity index (χ1n) is 8.51. The van der Waals surface area contributed by atoms with Crippen molar-refractivity contribution in [3.8, 4) is 5.69 Å². The van der Waals surface area contributed by atoms with Crippen LogP contribution in [0.3, 0.4) is 0 Å². The summed E-state index contributed by atoms with van der Waals surface area (Å²) < 4.78 is 1.61. The van der Waals surface area contributed by atoms with E-state index in [1.54, 1.807) is 16.8 Å². The van der Waals surface area contributed by atoms with E-state index in [1.807, 2.05) is 73.7 Å². The molecule has 4 rings (SSSR count). The Morgan fingerprint density at radius 3 is 2.44 bits per heavy atom. The Hall–Kier alpha value is -3.24. The summed E-state index contributed by atoms with van der Waals surface area (Å²) in [5, 5.41) is 1.26. The first-order chi connectivity index (χ1) is 13.1. The highest BCUT2D eigenvalue weighted by molar-refractivity contribution is 6.33. The summed E-state index contributed by atoms with van der Waals surface area (Å²) in [6, 6.07) is 22.4. The zero-order valence-electron chi connectivity index (χ0n) is 14.6. The number of hydrogen-bond donors (Lipinski definition) is 0. The van der Waals surface area contributed by atoms with Gasteiger partial charge in [0, 0.05) is 16.8 Å². The quantitative estimate of drug-likeness (QED) is 0.469. The molecule has 0 fully saturated rings. The Kier molecular flexibility index (Phi) is 4.57. The van der Waals surface area contributed by atoms with Crippen LogP contribution >= 0.6 is 11.6 Å². The topological polar surface area (TPSA) is 47.2 Å². The van der Waals surface area contributed by atoms with Crippen molar-refractivity contribution in [3.05, 3.63) is 99.6 Å². The molecule has 27 heavy (non-hydrogen) atoms. The minimum atomic E-state index is -0.0783. The molecule has 132 valence electrons. The van der Waals surface area contributed by atoms with Crippen LogP contribution in [-0.2, 0) is 0 Å². The van der Waals surface area contributed by atoms with Gasteiger partial charge in [0.25, 0.3) is 5.56 Å². The average molecular weight is 374 g/mol. The normalized spacial score (nSPS) is 11.3. The van der Waals surface area contributed by atoms with E-state index < -0.39 is 0 Å². The maximum atomic E-state index is 12.9. The molecular weight excluding hydrogens is 358 g/mol. The Balaban J connectivity index is 1.70. The highest BCUT2D eigenvalue weighted by atomic mass is 35.5. The largest absolute Gasteiger partial charge is 0.268 e. The first kappa shape index (κ1) is 17.2. The summed E-state index contributed by atoms with van der Waals surface area (Å²) >= 11 is 6.14. The number of aliphatic imine (C=N–C) groups is 1. The van der Waals surface area contributed by atoms with E-state index in [1.165, 1.54) is 0 Å². The summed E-state index contributed by atoms with van der Waals surface area (Å²) in [6.45, 7) is 1.83. The molecule has 0 aliphatic heterocycles. The third kappa shape index (κ3) is 3.39. The van der Waals surface area contributed by atoms with Crippen LogP contribution < -0.4 is 5.56 Å². The number of para-hydroxylation sites is 1. The van der Waals surface area contributed by atoms with E-state index in [9.17, 15) is 4.79 Å². The standard InChI is InChI=1S/C22H16ClN3O/c1-15-25-21-9-5-3-7-19(21)22(27)26(15)18-12-10-17(11-13-18)24-14-16-6-2-4-8-20(16)23/h2-14H,1H3. The molecule has 0 spiro atoms. The van der Waals surface area contributed by atoms with Gasteiger partial charge in [0.1, 0.15) is 5.82 Å². The van der Waals surface area contributed by atoms with Crippen molar-refractivity contribution in [2.75, 3.05) is 0 Å². The molecule has 3 aromatic carbocycles. The summed E-state index contributed by atoms with van der Waals surface area (Å²) in [4.78, 5) is 21.9. The van der Waals surface area contributed by atoms with Crippen LogP contribution in [0.4, 0.5) is 5.69 Å². The SMILES string of the molecule is Cc1nc2ccccc2c(=O)n1-c1ccc(N=Cc2ccccc2Cl)cc1. The maximum Gasteiger partial charge on any atom is 0.265 e. The highest BCUT2D eigenvalue weighted by Gasteiger charge is 2.09. The fourth-order valence-corrected chi connectivity index (χ4v) is 3.14. The fourth-order valence-electron chi connectivity index (χ4n) is 2.96. The zero-order valence-corrected chi connectivity index (χ0v) is 15.4. The van der Waals surface area contributed by atoms with Crippen molar-refractivity contribution in [3.63, 3.8) is 0 Å². The van der Waals surface area contributed by atoms with Gasteiger partial charge in [0.15, 0.2) is 0 Å². The van der Waals surface area contributed by atoms with Gasteiger partial charge in [-0.15, -0.1) is 0 Å². The van der Waals surface area contributed by atoms with Crippen LogP contribution in [-0.4, -0.2) is 15.8 Å². The minimum absolute atomic E-state index is 0.0783. The third-order valence-corrected chi connectivity index (χ3v) is 4.65. The molecule has 0 atom stereocenters. The van der Waals surface area contributed by atoms with E-state index in [2.05, 4.69) is 9.98 Å². The van der Waals surface area contributed by atoms with E-state index in [4.69, 9.17) is 11.6 Å². The van der Waals surface area contributed by atoms with Gasteiger partial charge in [-0.1, -0.05) is 41.9 Å². The van der Waals surface area contributed by atoms with Crippen LogP contribution in [0.5, 0.6) is 0 Å². The molecule has 1 aromatic heterocycles. The number of fused-ring (bicyclic) bond motifs is 1. The monoisotopic (exact) mass is 373 g/mol. The van der Waals surface area contributed by atoms with Gasteiger partial charge in [0.05, 0.1) is 22.3 Å². The lowest BCUT2D eigenvalue weighted by Gasteiger charge is -2.11. The fraction of sp³-hybridized carbons (Fsp3) is 0.0455. The molecule has 0 aliphatic rings. The van der Waals surface area contributed by atoms with Crippen molar-refractivity contribution in [2.45, 2.75) is 6.92 Å². The summed E-state index contributed by atoms with van der Waals surface area (Å²) in [5.41, 5.74) is 3.02. The molecule has 0 radical (unpaired) electrons. The first-order valence-corrected chi connectivity index (χ1v) is 8.89.